The highest BCUT2D eigenvalue weighted by Gasteiger charge is 2.23. The zero-order valence-corrected chi connectivity index (χ0v) is 20.8. The predicted octanol–water partition coefficient (Wildman–Crippen LogP) is 6.91. The van der Waals surface area contributed by atoms with Crippen molar-refractivity contribution < 1.29 is 34.1 Å². The molecule has 1 aromatic carbocycles. The van der Waals surface area contributed by atoms with Crippen LogP contribution in [0.5, 0.6) is 5.75 Å². The van der Waals surface area contributed by atoms with E-state index in [0.717, 1.165) is 51.0 Å². The van der Waals surface area contributed by atoms with E-state index in [9.17, 15) is 24.6 Å². The predicted molar refractivity (Wildman–Crippen MR) is 132 cm³/mol. The molecule has 192 valence electrons. The minimum absolute atomic E-state index is 0.00999. The van der Waals surface area contributed by atoms with Crippen molar-refractivity contribution in [2.45, 2.75) is 104 Å². The van der Waals surface area contributed by atoms with Gasteiger partial charge < -0.3 is 19.7 Å². The van der Waals surface area contributed by atoms with Gasteiger partial charge in [-0.05, 0) is 37.8 Å². The fourth-order valence-electron chi connectivity index (χ4n) is 3.60. The van der Waals surface area contributed by atoms with Crippen LogP contribution in [-0.2, 0) is 9.47 Å². The normalized spacial score (nSPS) is 12.5. The number of aromatic carboxylic acids is 1. The van der Waals surface area contributed by atoms with Crippen LogP contribution in [0.2, 0.25) is 0 Å². The number of phenols is 1. The van der Waals surface area contributed by atoms with Crippen LogP contribution in [0.25, 0.3) is 0 Å². The molecule has 0 fully saturated rings. The topological polar surface area (TPSA) is 134 Å². The number of carbonyl (C=O) groups excluding carboxylic acids is 2. The molecule has 0 radical (unpaired) electrons. The number of aromatic hydroxyl groups is 1. The maximum Gasteiger partial charge on any atom is 0.412 e. The van der Waals surface area contributed by atoms with Gasteiger partial charge in [0.15, 0.2) is 5.75 Å². The Labute approximate surface area is 202 Å². The molecule has 2 atom stereocenters. The van der Waals surface area contributed by atoms with Crippen LogP contribution in [0, 0.1) is 0 Å². The summed E-state index contributed by atoms with van der Waals surface area (Å²) in [7, 11) is 0. The Morgan fingerprint density at radius 3 is 1.74 bits per heavy atom. The van der Waals surface area contributed by atoms with Crippen molar-refractivity contribution in [1.29, 1.82) is 0 Å². The number of carboxylic acids is 1. The fourth-order valence-corrected chi connectivity index (χ4v) is 3.60. The number of ether oxygens (including phenoxy) is 2. The van der Waals surface area contributed by atoms with Crippen molar-refractivity contribution in [1.82, 2.24) is 0 Å². The van der Waals surface area contributed by atoms with Crippen LogP contribution in [0.15, 0.2) is 12.1 Å². The lowest BCUT2D eigenvalue weighted by molar-refractivity contribution is 0.0693. The lowest BCUT2D eigenvalue weighted by atomic mass is 10.1. The van der Waals surface area contributed by atoms with E-state index in [-0.39, 0.29) is 23.6 Å². The van der Waals surface area contributed by atoms with E-state index in [1.807, 2.05) is 20.8 Å². The maximum atomic E-state index is 12.6. The van der Waals surface area contributed by atoms with Gasteiger partial charge >= 0.3 is 18.2 Å². The molecule has 0 saturated heterocycles. The second-order valence-corrected chi connectivity index (χ2v) is 8.36. The SMILES string of the molecule is CCCCC(CCC)OC(=O)Nc1ccc(C(=O)O)c(O)c1NC(=O)OC(CCC)CCCC. The molecule has 9 heteroatoms. The van der Waals surface area contributed by atoms with Crippen molar-refractivity contribution >= 4 is 29.5 Å². The Morgan fingerprint density at radius 2 is 1.29 bits per heavy atom. The molecule has 1 aromatic rings. The van der Waals surface area contributed by atoms with Crippen molar-refractivity contribution in [3.05, 3.63) is 17.7 Å². The summed E-state index contributed by atoms with van der Waals surface area (Å²) < 4.78 is 11.0. The molecule has 0 aliphatic heterocycles. The van der Waals surface area contributed by atoms with Gasteiger partial charge in [-0.1, -0.05) is 66.2 Å². The van der Waals surface area contributed by atoms with Gasteiger partial charge in [0, 0.05) is 0 Å². The molecule has 2 unspecified atom stereocenters. The average molecular weight is 481 g/mol. The molecule has 34 heavy (non-hydrogen) atoms. The van der Waals surface area contributed by atoms with Crippen molar-refractivity contribution in [2.75, 3.05) is 10.6 Å². The number of carboxylic acid groups (broad SMARTS) is 1. The first-order valence-corrected chi connectivity index (χ1v) is 12.3. The van der Waals surface area contributed by atoms with Gasteiger partial charge in [-0.15, -0.1) is 0 Å². The number of unbranched alkanes of at least 4 members (excludes halogenated alkanes) is 2. The number of benzene rings is 1. The Balaban J connectivity index is 3.07. The number of hydrogen-bond donors (Lipinski definition) is 4. The fraction of sp³-hybridized carbons (Fsp3) is 0.640. The summed E-state index contributed by atoms with van der Waals surface area (Å²) in [5.41, 5.74) is -0.666. The molecule has 0 aliphatic carbocycles. The van der Waals surface area contributed by atoms with Gasteiger partial charge in [-0.25, -0.2) is 14.4 Å². The number of hydrogen-bond acceptors (Lipinski definition) is 6. The van der Waals surface area contributed by atoms with Crippen LogP contribution < -0.4 is 10.6 Å². The molecular formula is C25H40N2O7. The summed E-state index contributed by atoms with van der Waals surface area (Å²) in [6, 6.07) is 2.44. The Morgan fingerprint density at radius 1 is 0.794 bits per heavy atom. The van der Waals surface area contributed by atoms with E-state index in [1.54, 1.807) is 0 Å². The number of rotatable bonds is 15. The lowest BCUT2D eigenvalue weighted by Crippen LogP contribution is -2.25. The summed E-state index contributed by atoms with van der Waals surface area (Å²) in [4.78, 5) is 36.6. The highest BCUT2D eigenvalue weighted by atomic mass is 16.6. The van der Waals surface area contributed by atoms with Gasteiger partial charge in [0.2, 0.25) is 0 Å². The molecule has 2 amide bonds. The summed E-state index contributed by atoms with van der Waals surface area (Å²) in [5.74, 6) is -2.06. The molecule has 0 heterocycles. The quantitative estimate of drug-likeness (QED) is 0.200. The number of carbonyl (C=O) groups is 3. The Kier molecular flexibility index (Phi) is 13.5. The van der Waals surface area contributed by atoms with Crippen LogP contribution in [0.1, 0.15) is 102 Å². The molecular weight excluding hydrogens is 440 g/mol. The molecule has 9 nitrogen and oxygen atoms in total. The Bertz CT molecular complexity index is 798. The molecule has 0 aliphatic rings. The molecule has 0 bridgehead atoms. The average Bonchev–Trinajstić information content (AvgIpc) is 2.78. The van der Waals surface area contributed by atoms with Crippen LogP contribution >= 0.6 is 0 Å². The largest absolute Gasteiger partial charge is 0.505 e. The van der Waals surface area contributed by atoms with Gasteiger partial charge in [0.25, 0.3) is 0 Å². The molecule has 0 spiro atoms. The van der Waals surface area contributed by atoms with Crippen LogP contribution in [0.4, 0.5) is 21.0 Å². The van der Waals surface area contributed by atoms with E-state index in [4.69, 9.17) is 9.47 Å². The molecule has 0 aromatic heterocycles. The van der Waals surface area contributed by atoms with Gasteiger partial charge in [0.05, 0.1) is 5.69 Å². The van der Waals surface area contributed by atoms with Crippen molar-refractivity contribution in [3.63, 3.8) is 0 Å². The van der Waals surface area contributed by atoms with Crippen LogP contribution in [0.3, 0.4) is 0 Å². The van der Waals surface area contributed by atoms with Crippen molar-refractivity contribution in [3.8, 4) is 5.75 Å². The maximum absolute atomic E-state index is 12.6. The number of anilines is 2. The standard InChI is InChI=1S/C25H40N2O7/c1-5-9-13-17(11-7-3)33-24(31)26-20-16-15-19(23(29)30)22(28)21(20)27-25(32)34-18(12-8-4)14-10-6-2/h15-18,28H,5-14H2,1-4H3,(H,26,31)(H,27,32)(H,29,30). The van der Waals surface area contributed by atoms with Crippen molar-refractivity contribution in [2.24, 2.45) is 0 Å². The third kappa shape index (κ3) is 9.89. The van der Waals surface area contributed by atoms with E-state index >= 15 is 0 Å². The van der Waals surface area contributed by atoms with Gasteiger partial charge in [-0.2, -0.15) is 0 Å². The highest BCUT2D eigenvalue weighted by Crippen LogP contribution is 2.36. The molecule has 1 rings (SSSR count). The van der Waals surface area contributed by atoms with Crippen LogP contribution in [-0.4, -0.2) is 40.6 Å². The number of nitrogens with one attached hydrogen (secondary N) is 2. The first-order chi connectivity index (χ1) is 16.3. The monoisotopic (exact) mass is 480 g/mol. The summed E-state index contributed by atoms with van der Waals surface area (Å²) in [5, 5.41) is 24.8. The second-order valence-electron chi connectivity index (χ2n) is 8.36. The minimum atomic E-state index is -1.38. The minimum Gasteiger partial charge on any atom is -0.505 e. The summed E-state index contributed by atoms with van der Waals surface area (Å²) in [6.45, 7) is 8.09. The van der Waals surface area contributed by atoms with E-state index in [2.05, 4.69) is 17.6 Å². The third-order valence-corrected chi connectivity index (χ3v) is 5.40. The first-order valence-electron chi connectivity index (χ1n) is 12.3. The molecule has 4 N–H and O–H groups in total. The zero-order chi connectivity index (χ0) is 25.5. The van der Waals surface area contributed by atoms with Gasteiger partial charge in [-0.3, -0.25) is 10.6 Å². The highest BCUT2D eigenvalue weighted by molar-refractivity contribution is 6.02. The van der Waals surface area contributed by atoms with E-state index in [1.165, 1.54) is 6.07 Å². The second kappa shape index (κ2) is 15.8. The van der Waals surface area contributed by atoms with Gasteiger partial charge in [0.1, 0.15) is 23.5 Å². The third-order valence-electron chi connectivity index (χ3n) is 5.40. The van der Waals surface area contributed by atoms with E-state index < -0.39 is 29.5 Å². The summed E-state index contributed by atoms with van der Waals surface area (Å²) >= 11 is 0. The zero-order valence-electron chi connectivity index (χ0n) is 20.8. The summed E-state index contributed by atoms with van der Waals surface area (Å²) in [6.07, 6.45) is 6.11. The lowest BCUT2D eigenvalue weighted by Gasteiger charge is -2.20. The number of amides is 2. The Hall–Kier alpha value is -2.97. The smallest absolute Gasteiger partial charge is 0.412 e. The van der Waals surface area contributed by atoms with E-state index in [0.29, 0.717) is 19.3 Å². The first kappa shape index (κ1) is 29.1. The molecule has 0 saturated carbocycles.